The lowest BCUT2D eigenvalue weighted by Gasteiger charge is -2.13. The molecule has 0 aliphatic carbocycles. The third-order valence-corrected chi connectivity index (χ3v) is 3.39. The zero-order chi connectivity index (χ0) is 15.9. The number of nitrogens with two attached hydrogens (primary N) is 1. The molecule has 2 N–H and O–H groups in total. The minimum atomic E-state index is -4.57. The van der Waals surface area contributed by atoms with E-state index >= 15 is 0 Å². The van der Waals surface area contributed by atoms with E-state index in [2.05, 4.69) is 5.10 Å². The summed E-state index contributed by atoms with van der Waals surface area (Å²) in [5, 5.41) is 12.3. The minimum Gasteiger partial charge on any atom is -0.381 e. The van der Waals surface area contributed by atoms with Gasteiger partial charge in [-0.3, -0.25) is 0 Å². The maximum absolute atomic E-state index is 12.7. The quantitative estimate of drug-likeness (QED) is 0.858. The average molecular weight is 335 g/mol. The molecular formula is C12H7Cl2F3N4. The fraction of sp³-hybridized carbons (Fsp3) is 0.167. The summed E-state index contributed by atoms with van der Waals surface area (Å²) < 4.78 is 39.2. The first kappa shape index (κ1) is 15.5. The first-order valence-electron chi connectivity index (χ1n) is 5.48. The maximum Gasteiger partial charge on any atom is 0.416 e. The third kappa shape index (κ3) is 2.64. The van der Waals surface area contributed by atoms with Crippen molar-refractivity contribution in [1.82, 2.24) is 9.78 Å². The molecule has 0 atom stereocenters. The average Bonchev–Trinajstić information content (AvgIpc) is 2.62. The highest BCUT2D eigenvalue weighted by atomic mass is 35.5. The predicted molar refractivity (Wildman–Crippen MR) is 72.5 cm³/mol. The molecule has 0 radical (unpaired) electrons. The number of hydrogen-bond acceptors (Lipinski definition) is 3. The molecule has 0 spiro atoms. The van der Waals surface area contributed by atoms with Crippen LogP contribution in [0.5, 0.6) is 0 Å². The number of aromatic nitrogens is 2. The lowest BCUT2D eigenvalue weighted by molar-refractivity contribution is -0.137. The highest BCUT2D eigenvalue weighted by molar-refractivity contribution is 6.37. The van der Waals surface area contributed by atoms with Crippen LogP contribution >= 0.6 is 23.2 Å². The molecule has 0 saturated carbocycles. The molecule has 4 nitrogen and oxygen atoms in total. The van der Waals surface area contributed by atoms with E-state index in [-0.39, 0.29) is 27.1 Å². The lowest BCUT2D eigenvalue weighted by atomic mass is 10.2. The molecule has 1 heterocycles. The largest absolute Gasteiger partial charge is 0.416 e. The van der Waals surface area contributed by atoms with Crippen LogP contribution in [0.2, 0.25) is 10.0 Å². The van der Waals surface area contributed by atoms with Gasteiger partial charge in [-0.05, 0) is 19.1 Å². The number of nitriles is 1. The number of alkyl halides is 3. The summed E-state index contributed by atoms with van der Waals surface area (Å²) in [6.07, 6.45) is -4.57. The monoisotopic (exact) mass is 334 g/mol. The van der Waals surface area contributed by atoms with Crippen molar-refractivity contribution in [1.29, 1.82) is 5.26 Å². The minimum absolute atomic E-state index is 0.0389. The Hall–Kier alpha value is -1.91. The van der Waals surface area contributed by atoms with Crippen LogP contribution in [0.3, 0.4) is 0 Å². The predicted octanol–water partition coefficient (Wildman–Crippen LogP) is 3.96. The summed E-state index contributed by atoms with van der Waals surface area (Å²) in [7, 11) is 0. The lowest BCUT2D eigenvalue weighted by Crippen LogP contribution is -2.08. The van der Waals surface area contributed by atoms with Crippen LogP contribution in [0, 0.1) is 18.3 Å². The van der Waals surface area contributed by atoms with Crippen LogP contribution < -0.4 is 5.73 Å². The summed E-state index contributed by atoms with van der Waals surface area (Å²) in [5.41, 5.74) is 5.08. The van der Waals surface area contributed by atoms with Crippen molar-refractivity contribution in [2.45, 2.75) is 13.1 Å². The Bertz CT molecular complexity index is 736. The number of anilines is 1. The van der Waals surface area contributed by atoms with Gasteiger partial charge in [-0.1, -0.05) is 23.2 Å². The molecule has 21 heavy (non-hydrogen) atoms. The Morgan fingerprint density at radius 1 is 1.29 bits per heavy atom. The van der Waals surface area contributed by atoms with Gasteiger partial charge in [-0.15, -0.1) is 5.10 Å². The van der Waals surface area contributed by atoms with Crippen molar-refractivity contribution in [2.24, 2.45) is 0 Å². The van der Waals surface area contributed by atoms with Gasteiger partial charge < -0.3 is 5.73 Å². The van der Waals surface area contributed by atoms with E-state index in [4.69, 9.17) is 34.2 Å². The van der Waals surface area contributed by atoms with Crippen molar-refractivity contribution in [2.75, 3.05) is 5.73 Å². The van der Waals surface area contributed by atoms with Crippen molar-refractivity contribution in [3.8, 4) is 11.8 Å². The zero-order valence-corrected chi connectivity index (χ0v) is 12.0. The zero-order valence-electron chi connectivity index (χ0n) is 10.5. The van der Waals surface area contributed by atoms with E-state index in [0.29, 0.717) is 5.69 Å². The number of halogens is 5. The Kier molecular flexibility index (Phi) is 3.78. The Morgan fingerprint density at radius 3 is 2.19 bits per heavy atom. The van der Waals surface area contributed by atoms with E-state index in [9.17, 15) is 13.2 Å². The second-order valence-electron chi connectivity index (χ2n) is 4.16. The van der Waals surface area contributed by atoms with Gasteiger partial charge in [0.05, 0.1) is 21.3 Å². The second kappa shape index (κ2) is 5.13. The smallest absolute Gasteiger partial charge is 0.381 e. The molecule has 9 heteroatoms. The fourth-order valence-electron chi connectivity index (χ4n) is 1.81. The van der Waals surface area contributed by atoms with Crippen molar-refractivity contribution in [3.63, 3.8) is 0 Å². The van der Waals surface area contributed by atoms with Gasteiger partial charge in [0.1, 0.15) is 17.3 Å². The summed E-state index contributed by atoms with van der Waals surface area (Å²) in [6.45, 7) is 1.53. The summed E-state index contributed by atoms with van der Waals surface area (Å²) in [4.78, 5) is 0. The van der Waals surface area contributed by atoms with Gasteiger partial charge in [-0.25, -0.2) is 4.68 Å². The molecule has 2 aromatic rings. The SMILES string of the molecule is Cc1c(C#N)c(N)nn1-c1c(Cl)cc(C(F)(F)F)cc1Cl. The van der Waals surface area contributed by atoms with Gasteiger partial charge in [0, 0.05) is 0 Å². The second-order valence-corrected chi connectivity index (χ2v) is 4.97. The van der Waals surface area contributed by atoms with Crippen molar-refractivity contribution >= 4 is 29.0 Å². The van der Waals surface area contributed by atoms with E-state index in [1.54, 1.807) is 0 Å². The molecule has 1 aromatic carbocycles. The van der Waals surface area contributed by atoms with E-state index < -0.39 is 11.7 Å². The third-order valence-electron chi connectivity index (χ3n) is 2.81. The first-order chi connectivity index (χ1) is 9.66. The molecule has 0 aliphatic rings. The Morgan fingerprint density at radius 2 is 1.81 bits per heavy atom. The van der Waals surface area contributed by atoms with Crippen LogP contribution in [0.1, 0.15) is 16.8 Å². The van der Waals surface area contributed by atoms with Gasteiger partial charge in [0.15, 0.2) is 5.82 Å². The standard InChI is InChI=1S/C12H7Cl2F3N4/c1-5-7(4-18)11(19)20-21(5)10-8(13)2-6(3-9(10)14)12(15,16)17/h2-3H,1H3,(H2,19,20). The first-order valence-corrected chi connectivity index (χ1v) is 6.24. The van der Waals surface area contributed by atoms with Crippen molar-refractivity contribution < 1.29 is 13.2 Å². The van der Waals surface area contributed by atoms with E-state index in [1.807, 2.05) is 6.07 Å². The number of benzene rings is 1. The number of nitrogen functional groups attached to an aromatic ring is 1. The van der Waals surface area contributed by atoms with Crippen LogP contribution in [0.25, 0.3) is 5.69 Å². The van der Waals surface area contributed by atoms with Crippen LogP contribution in [-0.2, 0) is 6.18 Å². The van der Waals surface area contributed by atoms with E-state index in [0.717, 1.165) is 16.8 Å². The van der Waals surface area contributed by atoms with Crippen LogP contribution in [0.4, 0.5) is 19.0 Å². The summed E-state index contributed by atoms with van der Waals surface area (Å²) in [5.74, 6) is -0.0537. The molecule has 0 unspecified atom stereocenters. The van der Waals surface area contributed by atoms with Gasteiger partial charge >= 0.3 is 6.18 Å². The Balaban J connectivity index is 2.70. The molecule has 0 saturated heterocycles. The highest BCUT2D eigenvalue weighted by Gasteiger charge is 2.32. The molecule has 0 amide bonds. The number of nitrogens with zero attached hydrogens (tertiary/aromatic N) is 3. The Labute approximate surface area is 127 Å². The topological polar surface area (TPSA) is 67.6 Å². The molecule has 0 aliphatic heterocycles. The molecular weight excluding hydrogens is 328 g/mol. The number of rotatable bonds is 1. The van der Waals surface area contributed by atoms with Gasteiger partial charge in [0.25, 0.3) is 0 Å². The van der Waals surface area contributed by atoms with E-state index in [1.165, 1.54) is 6.92 Å². The van der Waals surface area contributed by atoms with Gasteiger partial charge in [0.2, 0.25) is 0 Å². The van der Waals surface area contributed by atoms with Crippen molar-refractivity contribution in [3.05, 3.63) is 39.0 Å². The molecule has 110 valence electrons. The van der Waals surface area contributed by atoms with Gasteiger partial charge in [-0.2, -0.15) is 18.4 Å². The molecule has 2 rings (SSSR count). The molecule has 0 fully saturated rings. The normalized spacial score (nSPS) is 11.5. The maximum atomic E-state index is 12.7. The molecule has 0 bridgehead atoms. The summed E-state index contributed by atoms with van der Waals surface area (Å²) in [6, 6.07) is 3.34. The highest BCUT2D eigenvalue weighted by Crippen LogP contribution is 2.38. The fourth-order valence-corrected chi connectivity index (χ4v) is 2.46. The number of hydrogen-bond donors (Lipinski definition) is 1. The van der Waals surface area contributed by atoms with Crippen LogP contribution in [0.15, 0.2) is 12.1 Å². The molecule has 1 aromatic heterocycles. The summed E-state index contributed by atoms with van der Waals surface area (Å²) >= 11 is 11.8. The van der Waals surface area contributed by atoms with Crippen LogP contribution in [-0.4, -0.2) is 9.78 Å².